The number of aliphatic carboxylic acids is 1. The third-order valence-corrected chi connectivity index (χ3v) is 2.52. The van der Waals surface area contributed by atoms with Gasteiger partial charge in [0, 0.05) is 22.9 Å². The Balaban J connectivity index is 3.16. The Morgan fingerprint density at radius 1 is 1.53 bits per heavy atom. The van der Waals surface area contributed by atoms with E-state index in [0.717, 1.165) is 0 Å². The molecule has 2 N–H and O–H groups in total. The highest BCUT2D eigenvalue weighted by Crippen LogP contribution is 2.28. The Morgan fingerprint density at radius 2 is 2.13 bits per heavy atom. The second-order valence-electron chi connectivity index (χ2n) is 3.98. The normalized spacial score (nSPS) is 13.6. The van der Waals surface area contributed by atoms with Crippen LogP contribution >= 0.6 is 0 Å². The van der Waals surface area contributed by atoms with Gasteiger partial charge in [0.05, 0.1) is 0 Å². The van der Waals surface area contributed by atoms with Crippen molar-refractivity contribution in [3.8, 4) is 0 Å². The lowest BCUT2D eigenvalue weighted by Gasteiger charge is -2.28. The van der Waals surface area contributed by atoms with Crippen LogP contribution in [0.3, 0.4) is 0 Å². The molecule has 1 aromatic heterocycles. The summed E-state index contributed by atoms with van der Waals surface area (Å²) in [5.74, 6) is -1.25. The average molecular weight is 210 g/mol. The number of hydrogen-bond acceptors (Lipinski definition) is 4. The fourth-order valence-corrected chi connectivity index (χ4v) is 1.48. The van der Waals surface area contributed by atoms with Crippen LogP contribution in [0.4, 0.5) is 0 Å². The van der Waals surface area contributed by atoms with Gasteiger partial charge in [-0.2, -0.15) is 0 Å². The van der Waals surface area contributed by atoms with Gasteiger partial charge in [-0.15, -0.1) is 0 Å². The number of carbonyl (C=O) groups is 1. The van der Waals surface area contributed by atoms with Crippen molar-refractivity contribution in [2.24, 2.45) is 0 Å². The van der Waals surface area contributed by atoms with Crippen molar-refractivity contribution in [2.45, 2.75) is 32.3 Å². The van der Waals surface area contributed by atoms with Gasteiger partial charge in [0.2, 0.25) is 0 Å². The van der Waals surface area contributed by atoms with Gasteiger partial charge in [0.1, 0.15) is 6.33 Å². The molecule has 1 heterocycles. The Morgan fingerprint density at radius 3 is 2.60 bits per heavy atom. The van der Waals surface area contributed by atoms with Gasteiger partial charge in [0.15, 0.2) is 6.10 Å². The molecule has 0 aliphatic rings. The Bertz CT molecular complexity index is 377. The number of aliphatic hydroxyl groups excluding tert-OH is 1. The van der Waals surface area contributed by atoms with Crippen molar-refractivity contribution in [3.05, 3.63) is 23.8 Å². The van der Waals surface area contributed by atoms with Gasteiger partial charge in [-0.1, -0.05) is 13.8 Å². The standard InChI is InChI=1S/C10H14N2O3/c1-6-7(4-11-5-12-6)10(2,3)8(13)9(14)15/h4-5,8,13H,1-3H3,(H,14,15). The van der Waals surface area contributed by atoms with E-state index in [4.69, 9.17) is 5.11 Å². The van der Waals surface area contributed by atoms with E-state index in [-0.39, 0.29) is 0 Å². The summed E-state index contributed by atoms with van der Waals surface area (Å²) in [5, 5.41) is 18.4. The third kappa shape index (κ3) is 2.12. The first kappa shape index (κ1) is 11.6. The van der Waals surface area contributed by atoms with Crippen LogP contribution in [0.15, 0.2) is 12.5 Å². The van der Waals surface area contributed by atoms with E-state index >= 15 is 0 Å². The van der Waals surface area contributed by atoms with Crippen molar-refractivity contribution in [2.75, 3.05) is 0 Å². The molecule has 0 fully saturated rings. The topological polar surface area (TPSA) is 83.3 Å². The van der Waals surface area contributed by atoms with E-state index in [0.29, 0.717) is 11.3 Å². The van der Waals surface area contributed by atoms with Crippen LogP contribution in [0, 0.1) is 6.92 Å². The summed E-state index contributed by atoms with van der Waals surface area (Å²) < 4.78 is 0. The van der Waals surface area contributed by atoms with Gasteiger partial charge in [0.25, 0.3) is 0 Å². The van der Waals surface area contributed by atoms with Crippen LogP contribution in [0.1, 0.15) is 25.1 Å². The lowest BCUT2D eigenvalue weighted by molar-refractivity contribution is -0.150. The molecule has 0 aliphatic carbocycles. The molecule has 0 saturated heterocycles. The van der Waals surface area contributed by atoms with E-state index in [1.807, 2.05) is 0 Å². The van der Waals surface area contributed by atoms with Gasteiger partial charge < -0.3 is 10.2 Å². The molecule has 0 bridgehead atoms. The SMILES string of the molecule is Cc1ncncc1C(C)(C)C(O)C(=O)O. The van der Waals surface area contributed by atoms with E-state index in [1.54, 1.807) is 20.8 Å². The van der Waals surface area contributed by atoms with Crippen molar-refractivity contribution in [1.82, 2.24) is 9.97 Å². The number of nitrogens with zero attached hydrogens (tertiary/aromatic N) is 2. The molecular weight excluding hydrogens is 196 g/mol. The summed E-state index contributed by atoms with van der Waals surface area (Å²) in [6.07, 6.45) is 1.46. The van der Waals surface area contributed by atoms with Crippen molar-refractivity contribution in [3.63, 3.8) is 0 Å². The van der Waals surface area contributed by atoms with Gasteiger partial charge in [-0.3, -0.25) is 0 Å². The monoisotopic (exact) mass is 210 g/mol. The molecule has 5 heteroatoms. The number of rotatable bonds is 3. The zero-order valence-corrected chi connectivity index (χ0v) is 8.93. The molecule has 0 radical (unpaired) electrons. The van der Waals surface area contributed by atoms with Crippen LogP contribution < -0.4 is 0 Å². The smallest absolute Gasteiger partial charge is 0.333 e. The Hall–Kier alpha value is -1.49. The highest BCUT2D eigenvalue weighted by Gasteiger charge is 2.36. The maximum Gasteiger partial charge on any atom is 0.333 e. The first-order valence-electron chi connectivity index (χ1n) is 4.55. The number of aliphatic hydroxyl groups is 1. The highest BCUT2D eigenvalue weighted by atomic mass is 16.4. The minimum absolute atomic E-state index is 0.639. The molecule has 5 nitrogen and oxygen atoms in total. The Kier molecular flexibility index (Phi) is 3.04. The largest absolute Gasteiger partial charge is 0.479 e. The second kappa shape index (κ2) is 3.94. The summed E-state index contributed by atoms with van der Waals surface area (Å²) in [5.41, 5.74) is 0.409. The molecule has 1 unspecified atom stereocenters. The summed E-state index contributed by atoms with van der Waals surface area (Å²) >= 11 is 0. The number of aryl methyl sites for hydroxylation is 1. The molecule has 1 atom stereocenters. The fourth-order valence-electron chi connectivity index (χ4n) is 1.48. The number of aromatic nitrogens is 2. The molecular formula is C10H14N2O3. The molecule has 1 aromatic rings. The van der Waals surface area contributed by atoms with Crippen LogP contribution in [-0.2, 0) is 10.2 Å². The zero-order valence-electron chi connectivity index (χ0n) is 8.93. The second-order valence-corrected chi connectivity index (χ2v) is 3.98. The van der Waals surface area contributed by atoms with E-state index < -0.39 is 17.5 Å². The summed E-state index contributed by atoms with van der Waals surface area (Å²) in [7, 11) is 0. The molecule has 0 aliphatic heterocycles. The lowest BCUT2D eigenvalue weighted by Crippen LogP contribution is -2.40. The van der Waals surface area contributed by atoms with E-state index in [2.05, 4.69) is 9.97 Å². The molecule has 0 spiro atoms. The van der Waals surface area contributed by atoms with E-state index in [9.17, 15) is 9.90 Å². The predicted molar refractivity (Wildman–Crippen MR) is 53.4 cm³/mol. The highest BCUT2D eigenvalue weighted by molar-refractivity contribution is 5.74. The molecule has 0 amide bonds. The molecule has 15 heavy (non-hydrogen) atoms. The zero-order chi connectivity index (χ0) is 11.6. The number of hydrogen-bond donors (Lipinski definition) is 2. The van der Waals surface area contributed by atoms with Gasteiger partial charge >= 0.3 is 5.97 Å². The van der Waals surface area contributed by atoms with Crippen LogP contribution in [-0.4, -0.2) is 32.3 Å². The van der Waals surface area contributed by atoms with Gasteiger partial charge in [-0.25, -0.2) is 14.8 Å². The van der Waals surface area contributed by atoms with E-state index in [1.165, 1.54) is 12.5 Å². The Labute approximate surface area is 87.8 Å². The van der Waals surface area contributed by atoms with Crippen molar-refractivity contribution >= 4 is 5.97 Å². The maximum atomic E-state index is 10.7. The van der Waals surface area contributed by atoms with Crippen LogP contribution in [0.5, 0.6) is 0 Å². The molecule has 0 aromatic carbocycles. The predicted octanol–water partition coefficient (Wildman–Crippen LogP) is 0.508. The van der Waals surface area contributed by atoms with Crippen LogP contribution in [0.2, 0.25) is 0 Å². The fraction of sp³-hybridized carbons (Fsp3) is 0.500. The number of carboxylic acids is 1. The first-order valence-corrected chi connectivity index (χ1v) is 4.55. The summed E-state index contributed by atoms with van der Waals surface area (Å²) in [4.78, 5) is 18.6. The van der Waals surface area contributed by atoms with Crippen LogP contribution in [0.25, 0.3) is 0 Å². The average Bonchev–Trinajstić information content (AvgIpc) is 2.16. The van der Waals surface area contributed by atoms with Gasteiger partial charge in [-0.05, 0) is 6.92 Å². The summed E-state index contributed by atoms with van der Waals surface area (Å²) in [6.45, 7) is 5.06. The quantitative estimate of drug-likeness (QED) is 0.759. The minimum atomic E-state index is -1.47. The minimum Gasteiger partial charge on any atom is -0.479 e. The summed E-state index contributed by atoms with van der Waals surface area (Å²) in [6, 6.07) is 0. The molecule has 82 valence electrons. The van der Waals surface area contributed by atoms with Crippen molar-refractivity contribution < 1.29 is 15.0 Å². The maximum absolute atomic E-state index is 10.7. The molecule has 0 saturated carbocycles. The lowest BCUT2D eigenvalue weighted by atomic mass is 9.79. The third-order valence-electron chi connectivity index (χ3n) is 2.52. The number of carboxylic acid groups (broad SMARTS) is 1. The molecule has 1 rings (SSSR count). The van der Waals surface area contributed by atoms with Crippen molar-refractivity contribution in [1.29, 1.82) is 0 Å². The first-order chi connectivity index (χ1) is 6.87.